The quantitative estimate of drug-likeness (QED) is 0.290. The smallest absolute Gasteiger partial charge is 0.405 e. The van der Waals surface area contributed by atoms with Gasteiger partial charge in [-0.2, -0.15) is 4.98 Å². The van der Waals surface area contributed by atoms with E-state index in [1.807, 2.05) is 19.1 Å². The van der Waals surface area contributed by atoms with Crippen LogP contribution in [0.5, 0.6) is 17.5 Å². The van der Waals surface area contributed by atoms with Crippen LogP contribution in [0, 0.1) is 17.8 Å². The maximum absolute atomic E-state index is 14.4. The van der Waals surface area contributed by atoms with Gasteiger partial charge in [-0.1, -0.05) is 26.0 Å². The molecule has 16 heteroatoms. The van der Waals surface area contributed by atoms with E-state index in [1.165, 1.54) is 12.0 Å². The van der Waals surface area contributed by atoms with E-state index in [2.05, 4.69) is 20.3 Å². The van der Waals surface area contributed by atoms with E-state index in [0.29, 0.717) is 42.2 Å². The first kappa shape index (κ1) is 37.2. The number of aromatic nitrogens is 1. The molecule has 4 amide bonds. The number of allylic oxidation sites excluding steroid dienone is 1. The number of nitrogens with zero attached hydrogens (tertiary/aromatic N) is 2. The molecule has 282 valence electrons. The number of carbonyl (C=O) groups excluding carboxylic acids is 3. The van der Waals surface area contributed by atoms with Crippen LogP contribution in [0.15, 0.2) is 36.4 Å². The Morgan fingerprint density at radius 2 is 1.85 bits per heavy atom. The van der Waals surface area contributed by atoms with Crippen LogP contribution < -0.4 is 29.6 Å². The molecule has 1 aromatic heterocycles. The van der Waals surface area contributed by atoms with Crippen molar-refractivity contribution >= 4 is 44.6 Å². The molecule has 7 atom stereocenters. The predicted octanol–water partition coefficient (Wildman–Crippen LogP) is 3.12. The second kappa shape index (κ2) is 14.1. The number of hydrogen-bond donors (Lipinski definition) is 4. The molecule has 6 rings (SSSR count). The van der Waals surface area contributed by atoms with Crippen LogP contribution in [0.4, 0.5) is 4.79 Å². The van der Waals surface area contributed by atoms with Crippen molar-refractivity contribution in [3.05, 3.63) is 36.4 Å². The zero-order valence-electron chi connectivity index (χ0n) is 30.0. The van der Waals surface area contributed by atoms with Gasteiger partial charge in [0.1, 0.15) is 29.5 Å². The highest BCUT2D eigenvalue weighted by molar-refractivity contribution is 7.91. The van der Waals surface area contributed by atoms with Gasteiger partial charge in [0.2, 0.25) is 33.6 Å². The van der Waals surface area contributed by atoms with Gasteiger partial charge in [-0.25, -0.2) is 13.2 Å². The summed E-state index contributed by atoms with van der Waals surface area (Å²) in [6, 6.07) is 4.68. The Bertz CT molecular complexity index is 1890. The number of fused-ring (bicyclic) bond motifs is 3. The first-order valence-electron chi connectivity index (χ1n) is 17.6. The summed E-state index contributed by atoms with van der Waals surface area (Å²) in [7, 11) is -0.994. The lowest BCUT2D eigenvalue weighted by Gasteiger charge is -2.32. The lowest BCUT2D eigenvalue weighted by Crippen LogP contribution is -2.59. The molecule has 1 saturated heterocycles. The van der Waals surface area contributed by atoms with Crippen molar-refractivity contribution in [3.8, 4) is 17.5 Å². The van der Waals surface area contributed by atoms with Gasteiger partial charge >= 0.3 is 6.09 Å². The fourth-order valence-electron chi connectivity index (χ4n) is 7.39. The largest absolute Gasteiger partial charge is 0.497 e. The van der Waals surface area contributed by atoms with Gasteiger partial charge in [0.05, 0.1) is 25.5 Å². The second-order valence-corrected chi connectivity index (χ2v) is 17.1. The Kier molecular flexibility index (Phi) is 10.1. The van der Waals surface area contributed by atoms with Crippen LogP contribution in [0.2, 0.25) is 0 Å². The molecule has 0 bridgehead atoms. The van der Waals surface area contributed by atoms with Crippen molar-refractivity contribution < 1.29 is 46.9 Å². The van der Waals surface area contributed by atoms with Gasteiger partial charge in [-0.05, 0) is 80.9 Å². The van der Waals surface area contributed by atoms with Gasteiger partial charge in [0.15, 0.2) is 0 Å². The molecular formula is C36H47N5O10S. The highest BCUT2D eigenvalue weighted by atomic mass is 32.2. The lowest BCUT2D eigenvalue weighted by atomic mass is 9.88. The number of rotatable bonds is 8. The van der Waals surface area contributed by atoms with E-state index >= 15 is 0 Å². The van der Waals surface area contributed by atoms with Gasteiger partial charge in [0.25, 0.3) is 5.91 Å². The monoisotopic (exact) mass is 741 g/mol. The van der Waals surface area contributed by atoms with Crippen LogP contribution in [0.1, 0.15) is 65.7 Å². The normalized spacial score (nSPS) is 30.8. The summed E-state index contributed by atoms with van der Waals surface area (Å²) < 4.78 is 44.6. The highest BCUT2D eigenvalue weighted by Gasteiger charge is 2.63. The predicted molar refractivity (Wildman–Crippen MR) is 189 cm³/mol. The van der Waals surface area contributed by atoms with Crippen molar-refractivity contribution in [2.24, 2.45) is 17.8 Å². The standard InChI is InChI=1S/C36H47N5O10S/c1-20-8-6-7-9-23-18-36(23,33(44)40-52(47,48)35(3)12-13-35)39-30(42)27-17-25(19-41(27)32(43)29(21(2)14-20)38-34(45)46)51-31-26-11-10-24(49-4)15-22(26)16-28(37-31)50-5/h7,9-11,15-16,20-21,23,25,27,29,38H,6,8,12-14,17-19H2,1-5H3,(H,39,42)(H,40,44)(H,45,46)/b9-7-/t20-,21+,23+,25+,27-,29-,36+/m0/s1. The second-order valence-electron chi connectivity index (χ2n) is 14.9. The van der Waals surface area contributed by atoms with Crippen molar-refractivity contribution in [2.45, 2.75) is 94.2 Å². The summed E-state index contributed by atoms with van der Waals surface area (Å²) in [4.78, 5) is 60.3. The Balaban J connectivity index is 1.35. The van der Waals surface area contributed by atoms with Crippen LogP contribution in [0.25, 0.3) is 10.8 Å². The average Bonchev–Trinajstić information content (AvgIpc) is 3.98. The van der Waals surface area contributed by atoms with Gasteiger partial charge in [-0.15, -0.1) is 0 Å². The lowest BCUT2D eigenvalue weighted by molar-refractivity contribution is -0.142. The molecule has 3 heterocycles. The fourth-order valence-corrected chi connectivity index (χ4v) is 8.70. The van der Waals surface area contributed by atoms with Gasteiger partial charge in [0, 0.05) is 23.8 Å². The zero-order chi connectivity index (χ0) is 37.6. The third kappa shape index (κ3) is 7.34. The maximum atomic E-state index is 14.4. The topological polar surface area (TPSA) is 203 Å². The van der Waals surface area contributed by atoms with E-state index in [1.54, 1.807) is 45.2 Å². The van der Waals surface area contributed by atoms with E-state index in [0.717, 1.165) is 6.42 Å². The van der Waals surface area contributed by atoms with Crippen LogP contribution in [-0.4, -0.2) is 96.5 Å². The number of carboxylic acid groups (broad SMARTS) is 1. The molecule has 2 aliphatic carbocycles. The SMILES string of the molecule is COc1ccc2c(O[C@@H]3C[C@H]4C(=O)N[C@]5(C(=O)NS(=O)(=O)C6(C)CC6)C[C@H]5/C=C\CC[C@H](C)C[C@@H](C)[C@H](NC(=O)O)C(=O)N4C3)nc(OC)cc2c1. The number of methoxy groups -OCH3 is 2. The minimum absolute atomic E-state index is 0.0206. The highest BCUT2D eigenvalue weighted by Crippen LogP contribution is 2.47. The van der Waals surface area contributed by atoms with E-state index in [4.69, 9.17) is 14.2 Å². The third-order valence-corrected chi connectivity index (χ3v) is 13.2. The van der Waals surface area contributed by atoms with Crippen molar-refractivity contribution in [3.63, 3.8) is 0 Å². The fraction of sp³-hybridized carbons (Fsp3) is 0.583. The minimum Gasteiger partial charge on any atom is -0.497 e. The van der Waals surface area contributed by atoms with Crippen LogP contribution >= 0.6 is 0 Å². The van der Waals surface area contributed by atoms with Crippen molar-refractivity contribution in [1.82, 2.24) is 25.2 Å². The molecule has 0 radical (unpaired) electrons. The summed E-state index contributed by atoms with van der Waals surface area (Å²) in [5.74, 6) is -1.83. The Morgan fingerprint density at radius 1 is 1.10 bits per heavy atom. The molecule has 3 fully saturated rings. The molecule has 1 aromatic carbocycles. The Hall–Kier alpha value is -4.60. The number of amides is 4. The molecule has 52 heavy (non-hydrogen) atoms. The summed E-state index contributed by atoms with van der Waals surface area (Å²) in [5, 5.41) is 16.4. The van der Waals surface area contributed by atoms with Crippen LogP contribution in [0.3, 0.4) is 0 Å². The van der Waals surface area contributed by atoms with Crippen LogP contribution in [-0.2, 0) is 24.4 Å². The van der Waals surface area contributed by atoms with E-state index < -0.39 is 74.1 Å². The molecule has 15 nitrogen and oxygen atoms in total. The van der Waals surface area contributed by atoms with E-state index in [9.17, 15) is 32.7 Å². The molecular weight excluding hydrogens is 694 g/mol. The number of nitrogens with one attached hydrogen (secondary N) is 3. The van der Waals surface area contributed by atoms with E-state index in [-0.39, 0.29) is 37.1 Å². The molecule has 2 aromatic rings. The summed E-state index contributed by atoms with van der Waals surface area (Å²) in [5.41, 5.74) is -1.55. The number of ether oxygens (including phenoxy) is 3. The number of sulfonamides is 1. The van der Waals surface area contributed by atoms with Crippen molar-refractivity contribution in [1.29, 1.82) is 0 Å². The average molecular weight is 742 g/mol. The molecule has 0 spiro atoms. The summed E-state index contributed by atoms with van der Waals surface area (Å²) in [6.07, 6.45) is 4.51. The molecule has 0 unspecified atom stereocenters. The number of benzene rings is 1. The first-order valence-corrected chi connectivity index (χ1v) is 19.1. The Labute approximate surface area is 302 Å². The number of pyridine rings is 1. The Morgan fingerprint density at radius 3 is 2.52 bits per heavy atom. The molecule has 4 N–H and O–H groups in total. The first-order chi connectivity index (χ1) is 24.6. The zero-order valence-corrected chi connectivity index (χ0v) is 30.8. The summed E-state index contributed by atoms with van der Waals surface area (Å²) >= 11 is 0. The van der Waals surface area contributed by atoms with Crippen molar-refractivity contribution in [2.75, 3.05) is 20.8 Å². The molecule has 2 saturated carbocycles. The molecule has 4 aliphatic rings. The third-order valence-electron chi connectivity index (χ3n) is 11.0. The maximum Gasteiger partial charge on any atom is 0.405 e. The number of hydrogen-bond acceptors (Lipinski definition) is 10. The number of carbonyl (C=O) groups is 4. The van der Waals surface area contributed by atoms with Gasteiger partial charge < -0.3 is 34.9 Å². The summed E-state index contributed by atoms with van der Waals surface area (Å²) in [6.45, 7) is 5.31. The minimum atomic E-state index is -4.01. The molecule has 2 aliphatic heterocycles. The van der Waals surface area contributed by atoms with Gasteiger partial charge in [-0.3, -0.25) is 19.1 Å².